The lowest BCUT2D eigenvalue weighted by molar-refractivity contribution is 0.318. The normalized spacial score (nSPS) is 11.9. The minimum Gasteiger partial charge on any atom is -0.411 e. The zero-order valence-electron chi connectivity index (χ0n) is 9.26. The molecule has 0 aromatic heterocycles. The summed E-state index contributed by atoms with van der Waals surface area (Å²) in [5, 5.41) is 12.2. The van der Waals surface area contributed by atoms with E-state index >= 15 is 0 Å². The summed E-state index contributed by atoms with van der Waals surface area (Å²) in [6.45, 7) is 8.17. The number of aryl methyl sites for hydroxylation is 3. The molecule has 1 aromatic rings. The molecule has 14 heavy (non-hydrogen) atoms. The van der Waals surface area contributed by atoms with E-state index in [2.05, 4.69) is 38.1 Å². The van der Waals surface area contributed by atoms with Crippen molar-refractivity contribution in [1.29, 1.82) is 0 Å². The van der Waals surface area contributed by atoms with E-state index in [4.69, 9.17) is 5.21 Å². The van der Waals surface area contributed by atoms with Gasteiger partial charge < -0.3 is 5.21 Å². The van der Waals surface area contributed by atoms with Gasteiger partial charge in [-0.05, 0) is 38.3 Å². The van der Waals surface area contributed by atoms with Crippen LogP contribution in [0.3, 0.4) is 0 Å². The van der Waals surface area contributed by atoms with E-state index in [1.54, 1.807) is 0 Å². The Labute approximate surface area is 85.3 Å². The summed E-state index contributed by atoms with van der Waals surface area (Å²) in [7, 11) is 0. The van der Waals surface area contributed by atoms with E-state index in [1.807, 2.05) is 6.92 Å². The van der Waals surface area contributed by atoms with Crippen LogP contribution in [0.25, 0.3) is 0 Å². The Hall–Kier alpha value is -1.31. The quantitative estimate of drug-likeness (QED) is 0.434. The van der Waals surface area contributed by atoms with E-state index in [9.17, 15) is 0 Å². The molecule has 1 rings (SSSR count). The smallest absolute Gasteiger partial charge is 0.0870 e. The Balaban J connectivity index is 3.34. The molecule has 0 bridgehead atoms. The molecule has 2 nitrogen and oxygen atoms in total. The second-order valence-electron chi connectivity index (χ2n) is 3.67. The Kier molecular flexibility index (Phi) is 3.28. The summed E-state index contributed by atoms with van der Waals surface area (Å²) in [6, 6.07) is 4.23. The topological polar surface area (TPSA) is 32.6 Å². The first-order valence-electron chi connectivity index (χ1n) is 4.89. The van der Waals surface area contributed by atoms with Crippen LogP contribution in [0.2, 0.25) is 0 Å². The van der Waals surface area contributed by atoms with Gasteiger partial charge in [0, 0.05) is 5.56 Å². The number of rotatable bonds is 2. The lowest BCUT2D eigenvalue weighted by atomic mass is 9.95. The zero-order chi connectivity index (χ0) is 10.7. The minimum absolute atomic E-state index is 0.751. The highest BCUT2D eigenvalue weighted by Crippen LogP contribution is 2.18. The molecule has 0 unspecified atom stereocenters. The van der Waals surface area contributed by atoms with Crippen molar-refractivity contribution in [1.82, 2.24) is 0 Å². The average molecular weight is 191 g/mol. The fraction of sp³-hybridized carbons (Fsp3) is 0.417. The number of hydrogen-bond donors (Lipinski definition) is 1. The highest BCUT2D eigenvalue weighted by Gasteiger charge is 2.09. The van der Waals surface area contributed by atoms with Gasteiger partial charge in [-0.2, -0.15) is 0 Å². The highest BCUT2D eigenvalue weighted by atomic mass is 16.4. The van der Waals surface area contributed by atoms with Crippen molar-refractivity contribution in [3.8, 4) is 0 Å². The molecule has 0 saturated carbocycles. The Morgan fingerprint density at radius 3 is 2.07 bits per heavy atom. The summed E-state index contributed by atoms with van der Waals surface area (Å²) in [5.41, 5.74) is 5.45. The molecule has 0 fully saturated rings. The maximum atomic E-state index is 8.89. The van der Waals surface area contributed by atoms with Crippen LogP contribution in [-0.2, 0) is 0 Å². The minimum atomic E-state index is 0.751. The van der Waals surface area contributed by atoms with Gasteiger partial charge in [-0.1, -0.05) is 29.8 Å². The van der Waals surface area contributed by atoms with Crippen molar-refractivity contribution in [3.05, 3.63) is 34.4 Å². The Morgan fingerprint density at radius 1 is 1.21 bits per heavy atom. The molecule has 0 atom stereocenters. The van der Waals surface area contributed by atoms with Gasteiger partial charge in [0.05, 0.1) is 5.71 Å². The summed E-state index contributed by atoms with van der Waals surface area (Å²) in [4.78, 5) is 0. The van der Waals surface area contributed by atoms with E-state index in [1.165, 1.54) is 16.7 Å². The van der Waals surface area contributed by atoms with Crippen molar-refractivity contribution < 1.29 is 5.21 Å². The van der Waals surface area contributed by atoms with Gasteiger partial charge in [-0.3, -0.25) is 0 Å². The van der Waals surface area contributed by atoms with Crippen LogP contribution in [0, 0.1) is 20.8 Å². The monoisotopic (exact) mass is 191 g/mol. The van der Waals surface area contributed by atoms with E-state index in [-0.39, 0.29) is 0 Å². The molecular weight excluding hydrogens is 174 g/mol. The summed E-state index contributed by atoms with van der Waals surface area (Å²) < 4.78 is 0. The van der Waals surface area contributed by atoms with Crippen LogP contribution < -0.4 is 0 Å². The molecule has 0 aliphatic carbocycles. The summed E-state index contributed by atoms with van der Waals surface area (Å²) in [6.07, 6.45) is 0.751. The van der Waals surface area contributed by atoms with Crippen LogP contribution in [0.4, 0.5) is 0 Å². The molecule has 0 saturated heterocycles. The average Bonchev–Trinajstić information content (AvgIpc) is 2.10. The third kappa shape index (κ3) is 1.95. The van der Waals surface area contributed by atoms with Crippen molar-refractivity contribution in [2.24, 2.45) is 5.16 Å². The van der Waals surface area contributed by atoms with E-state index in [0.717, 1.165) is 17.7 Å². The molecule has 0 amide bonds. The summed E-state index contributed by atoms with van der Waals surface area (Å²) >= 11 is 0. The lowest BCUT2D eigenvalue weighted by Gasteiger charge is -2.11. The van der Waals surface area contributed by atoms with Crippen LogP contribution in [0.15, 0.2) is 17.3 Å². The Morgan fingerprint density at radius 2 is 1.71 bits per heavy atom. The highest BCUT2D eigenvalue weighted by molar-refractivity contribution is 6.02. The third-order valence-corrected chi connectivity index (χ3v) is 2.42. The Bertz CT molecular complexity index is 344. The molecule has 0 spiro atoms. The van der Waals surface area contributed by atoms with Crippen molar-refractivity contribution in [2.45, 2.75) is 34.1 Å². The van der Waals surface area contributed by atoms with Gasteiger partial charge >= 0.3 is 0 Å². The molecule has 0 aliphatic rings. The molecule has 76 valence electrons. The summed E-state index contributed by atoms with van der Waals surface area (Å²) in [5.74, 6) is 0. The fourth-order valence-electron chi connectivity index (χ4n) is 1.93. The van der Waals surface area contributed by atoms with Gasteiger partial charge in [0.2, 0.25) is 0 Å². The van der Waals surface area contributed by atoms with Gasteiger partial charge in [0.25, 0.3) is 0 Å². The third-order valence-electron chi connectivity index (χ3n) is 2.42. The first-order chi connectivity index (χ1) is 6.60. The second-order valence-corrected chi connectivity index (χ2v) is 3.67. The lowest BCUT2D eigenvalue weighted by Crippen LogP contribution is -2.05. The first-order valence-corrected chi connectivity index (χ1v) is 4.89. The van der Waals surface area contributed by atoms with Crippen molar-refractivity contribution in [3.63, 3.8) is 0 Å². The van der Waals surface area contributed by atoms with Crippen LogP contribution in [0.1, 0.15) is 35.6 Å². The van der Waals surface area contributed by atoms with Crippen LogP contribution >= 0.6 is 0 Å². The molecule has 0 heterocycles. The van der Waals surface area contributed by atoms with Crippen LogP contribution in [-0.4, -0.2) is 10.9 Å². The zero-order valence-corrected chi connectivity index (χ0v) is 9.26. The van der Waals surface area contributed by atoms with E-state index < -0.39 is 0 Å². The predicted octanol–water partition coefficient (Wildman–Crippen LogP) is 3.20. The number of benzene rings is 1. The first kappa shape index (κ1) is 10.8. The molecule has 0 radical (unpaired) electrons. The van der Waals surface area contributed by atoms with Crippen molar-refractivity contribution >= 4 is 5.71 Å². The molecule has 1 aromatic carbocycles. The SMILES string of the molecule is CCC(=NO)c1c(C)cc(C)cc1C. The molecule has 2 heteroatoms. The van der Waals surface area contributed by atoms with Crippen molar-refractivity contribution in [2.75, 3.05) is 0 Å². The number of nitrogens with zero attached hydrogens (tertiary/aromatic N) is 1. The standard InChI is InChI=1S/C12H17NO/c1-5-11(13-14)12-9(3)6-8(2)7-10(12)4/h6-7,14H,5H2,1-4H3. The predicted molar refractivity (Wildman–Crippen MR) is 59.3 cm³/mol. The second kappa shape index (κ2) is 4.27. The molecule has 0 aliphatic heterocycles. The van der Waals surface area contributed by atoms with Gasteiger partial charge in [0.1, 0.15) is 0 Å². The van der Waals surface area contributed by atoms with Gasteiger partial charge in [-0.25, -0.2) is 0 Å². The van der Waals surface area contributed by atoms with Gasteiger partial charge in [0.15, 0.2) is 0 Å². The van der Waals surface area contributed by atoms with E-state index in [0.29, 0.717) is 0 Å². The molecular formula is C12H17NO. The van der Waals surface area contributed by atoms with Crippen LogP contribution in [0.5, 0.6) is 0 Å². The fourth-order valence-corrected chi connectivity index (χ4v) is 1.93. The van der Waals surface area contributed by atoms with Gasteiger partial charge in [-0.15, -0.1) is 0 Å². The molecule has 1 N–H and O–H groups in total. The maximum absolute atomic E-state index is 8.89. The number of oxime groups is 1. The maximum Gasteiger partial charge on any atom is 0.0870 e. The number of hydrogen-bond acceptors (Lipinski definition) is 2. The largest absolute Gasteiger partial charge is 0.411 e.